The molecule has 0 amide bonds. The molecule has 0 unspecified atom stereocenters. The zero-order valence-corrected chi connectivity index (χ0v) is 18.4. The van der Waals surface area contributed by atoms with Crippen LogP contribution >= 0.6 is 24.1 Å². The van der Waals surface area contributed by atoms with Crippen molar-refractivity contribution in [3.8, 4) is 0 Å². The van der Waals surface area contributed by atoms with Crippen LogP contribution in [0.1, 0.15) is 104 Å². The van der Waals surface area contributed by atoms with Crippen molar-refractivity contribution in [1.82, 2.24) is 0 Å². The summed E-state index contributed by atoms with van der Waals surface area (Å²) in [5, 5.41) is 0. The molecule has 0 aromatic carbocycles. The van der Waals surface area contributed by atoms with E-state index in [-0.39, 0.29) is 24.8 Å². The Morgan fingerprint density at radius 2 is 0.923 bits per heavy atom. The molecule has 0 aliphatic rings. The average Bonchev–Trinajstić information content (AvgIpc) is 2.64. The molecule has 0 rings (SSSR count). The largest absolute Gasteiger partial charge is 0.391 e. The molecule has 6 heteroatoms. The Morgan fingerprint density at radius 1 is 0.577 bits per heavy atom. The number of carbonyl (C=O) groups is 2. The molecule has 4 nitrogen and oxygen atoms in total. The van der Waals surface area contributed by atoms with E-state index in [1.165, 1.54) is 88.3 Å². The molecule has 0 spiro atoms. The first-order valence-corrected chi connectivity index (χ1v) is 12.2. The third kappa shape index (κ3) is 20.0. The van der Waals surface area contributed by atoms with Gasteiger partial charge in [-0.3, -0.25) is 9.59 Å². The Balaban J connectivity index is 3.33. The predicted octanol–water partition coefficient (Wildman–Crippen LogP) is 6.87. The molecule has 154 valence electrons. The van der Waals surface area contributed by atoms with Crippen LogP contribution in [-0.2, 0) is 18.0 Å². The molecule has 0 N–H and O–H groups in total. The molecule has 0 radical (unpaired) electrons. The van der Waals surface area contributed by atoms with E-state index in [2.05, 4.69) is 13.8 Å². The van der Waals surface area contributed by atoms with Crippen LogP contribution in [0.3, 0.4) is 0 Å². The van der Waals surface area contributed by atoms with Crippen molar-refractivity contribution in [2.24, 2.45) is 0 Å². The molecule has 0 saturated heterocycles. The van der Waals surface area contributed by atoms with E-state index >= 15 is 0 Å². The van der Waals surface area contributed by atoms with Gasteiger partial charge >= 0.3 is 11.9 Å². The Morgan fingerprint density at radius 3 is 1.31 bits per heavy atom. The van der Waals surface area contributed by atoms with Crippen LogP contribution in [0.4, 0.5) is 0 Å². The summed E-state index contributed by atoms with van der Waals surface area (Å²) >= 11 is 2.40. The minimum Gasteiger partial charge on any atom is -0.391 e. The molecule has 0 aliphatic heterocycles. The second-order valence-corrected chi connectivity index (χ2v) is 8.21. The van der Waals surface area contributed by atoms with E-state index < -0.39 is 0 Å². The van der Waals surface area contributed by atoms with Crippen molar-refractivity contribution in [2.45, 2.75) is 104 Å². The maximum Gasteiger partial charge on any atom is 0.318 e. The quantitative estimate of drug-likeness (QED) is 0.172. The normalized spacial score (nSPS) is 10.7. The zero-order chi connectivity index (χ0) is 19.3. The van der Waals surface area contributed by atoms with E-state index in [9.17, 15) is 9.59 Å². The topological polar surface area (TPSA) is 52.6 Å². The van der Waals surface area contributed by atoms with Gasteiger partial charge in [-0.2, -0.15) is 0 Å². The van der Waals surface area contributed by atoms with Gasteiger partial charge in [0.05, 0.1) is 36.9 Å². The van der Waals surface area contributed by atoms with Gasteiger partial charge in [0.2, 0.25) is 0 Å². The highest BCUT2D eigenvalue weighted by Gasteiger charge is 2.10. The van der Waals surface area contributed by atoms with Crippen molar-refractivity contribution in [2.75, 3.05) is 11.5 Å². The lowest BCUT2D eigenvalue weighted by Gasteiger charge is -2.04. The molecule has 0 aromatic rings. The van der Waals surface area contributed by atoms with Crippen LogP contribution in [0.25, 0.3) is 0 Å². The lowest BCUT2D eigenvalue weighted by atomic mass is 10.1. The van der Waals surface area contributed by atoms with Gasteiger partial charge in [0.25, 0.3) is 0 Å². The Hall–Kier alpha value is -0.360. The fourth-order valence-corrected chi connectivity index (χ4v) is 3.63. The predicted molar refractivity (Wildman–Crippen MR) is 113 cm³/mol. The lowest BCUT2D eigenvalue weighted by Crippen LogP contribution is -2.06. The number of carbonyl (C=O) groups excluding carboxylic acids is 2. The summed E-state index contributed by atoms with van der Waals surface area (Å²) in [6.45, 7) is 4.42. The van der Waals surface area contributed by atoms with Crippen molar-refractivity contribution >= 4 is 36.0 Å². The van der Waals surface area contributed by atoms with Gasteiger partial charge in [0.15, 0.2) is 0 Å². The molecule has 0 aliphatic carbocycles. The maximum atomic E-state index is 11.6. The van der Waals surface area contributed by atoms with Crippen molar-refractivity contribution in [1.29, 1.82) is 0 Å². The summed E-state index contributed by atoms with van der Waals surface area (Å²) < 4.78 is 10.1. The molecular formula is C20H38O4S2. The van der Waals surface area contributed by atoms with E-state index in [0.717, 1.165) is 24.3 Å². The van der Waals surface area contributed by atoms with Gasteiger partial charge in [0, 0.05) is 11.5 Å². The van der Waals surface area contributed by atoms with E-state index in [0.29, 0.717) is 0 Å². The number of unbranched alkanes of at least 4 members (excludes halogenated alkanes) is 10. The summed E-state index contributed by atoms with van der Waals surface area (Å²) in [4.78, 5) is 23.1. The van der Waals surface area contributed by atoms with Crippen molar-refractivity contribution in [3.63, 3.8) is 0 Å². The van der Waals surface area contributed by atoms with Crippen LogP contribution < -0.4 is 0 Å². The highest BCUT2D eigenvalue weighted by molar-refractivity contribution is 7.95. The SMILES string of the molecule is CCCCCCCCSOC(=O)CCC(=O)OSCCCCCCCC. The van der Waals surface area contributed by atoms with Crippen LogP contribution in [0.2, 0.25) is 0 Å². The van der Waals surface area contributed by atoms with E-state index in [4.69, 9.17) is 8.37 Å². The van der Waals surface area contributed by atoms with E-state index in [1.54, 1.807) is 0 Å². The summed E-state index contributed by atoms with van der Waals surface area (Å²) in [6.07, 6.45) is 14.9. The summed E-state index contributed by atoms with van der Waals surface area (Å²) in [7, 11) is 0. The third-order valence-electron chi connectivity index (χ3n) is 4.00. The molecule has 26 heavy (non-hydrogen) atoms. The lowest BCUT2D eigenvalue weighted by molar-refractivity contribution is -0.139. The summed E-state index contributed by atoms with van der Waals surface area (Å²) in [6, 6.07) is 0. The highest BCUT2D eigenvalue weighted by atomic mass is 32.2. The smallest absolute Gasteiger partial charge is 0.318 e. The van der Waals surface area contributed by atoms with Crippen LogP contribution in [-0.4, -0.2) is 23.4 Å². The van der Waals surface area contributed by atoms with Crippen LogP contribution in [0.15, 0.2) is 0 Å². The molecule has 0 atom stereocenters. The Kier molecular flexibility index (Phi) is 20.7. The number of hydrogen-bond donors (Lipinski definition) is 0. The zero-order valence-electron chi connectivity index (χ0n) is 16.8. The highest BCUT2D eigenvalue weighted by Crippen LogP contribution is 2.14. The number of rotatable bonds is 19. The second-order valence-electron chi connectivity index (χ2n) is 6.59. The molecule has 0 bridgehead atoms. The first-order chi connectivity index (χ1) is 12.7. The number of hydrogen-bond acceptors (Lipinski definition) is 6. The van der Waals surface area contributed by atoms with Crippen molar-refractivity contribution in [3.05, 3.63) is 0 Å². The van der Waals surface area contributed by atoms with E-state index in [1.807, 2.05) is 0 Å². The standard InChI is InChI=1S/C20H38O4S2/c1-3-5-7-9-11-13-17-25-23-19(21)15-16-20(22)24-26-18-14-12-10-8-6-4-2/h3-18H2,1-2H3. The molecule has 0 aromatic heterocycles. The van der Waals surface area contributed by atoms with Gasteiger partial charge < -0.3 is 8.37 Å². The summed E-state index contributed by atoms with van der Waals surface area (Å²) in [5.74, 6) is 0.991. The molecule has 0 fully saturated rings. The Bertz CT molecular complexity index is 306. The average molecular weight is 407 g/mol. The molecule has 0 saturated carbocycles. The molecule has 0 heterocycles. The van der Waals surface area contributed by atoms with Crippen LogP contribution in [0, 0.1) is 0 Å². The maximum absolute atomic E-state index is 11.6. The second kappa shape index (κ2) is 20.9. The molecular weight excluding hydrogens is 368 g/mol. The van der Waals surface area contributed by atoms with Gasteiger partial charge in [-0.15, -0.1) is 0 Å². The van der Waals surface area contributed by atoms with Crippen LogP contribution in [0.5, 0.6) is 0 Å². The van der Waals surface area contributed by atoms with Gasteiger partial charge in [0.1, 0.15) is 0 Å². The first kappa shape index (κ1) is 25.6. The van der Waals surface area contributed by atoms with Gasteiger partial charge in [-0.25, -0.2) is 0 Å². The minimum atomic E-state index is -0.334. The fourth-order valence-electron chi connectivity index (χ4n) is 2.38. The first-order valence-electron chi connectivity index (χ1n) is 10.3. The fraction of sp³-hybridized carbons (Fsp3) is 0.900. The van der Waals surface area contributed by atoms with Gasteiger partial charge in [-0.1, -0.05) is 78.1 Å². The minimum absolute atomic E-state index is 0.0971. The van der Waals surface area contributed by atoms with Gasteiger partial charge in [-0.05, 0) is 12.8 Å². The summed E-state index contributed by atoms with van der Waals surface area (Å²) in [5.41, 5.74) is 0. The third-order valence-corrected chi connectivity index (χ3v) is 5.52. The van der Waals surface area contributed by atoms with Crippen molar-refractivity contribution < 1.29 is 18.0 Å². The Labute approximate surface area is 169 Å². The monoisotopic (exact) mass is 406 g/mol.